The predicted octanol–water partition coefficient (Wildman–Crippen LogP) is 7.85. The van der Waals surface area contributed by atoms with Crippen molar-refractivity contribution in [2.75, 3.05) is 18.5 Å². The molecule has 0 aliphatic carbocycles. The number of anilines is 1. The number of aromatic nitrogens is 3. The van der Waals surface area contributed by atoms with Gasteiger partial charge in [0.15, 0.2) is 0 Å². The van der Waals surface area contributed by atoms with Crippen LogP contribution >= 0.6 is 0 Å². The number of hydrogen-bond acceptors (Lipinski definition) is 6. The highest BCUT2D eigenvalue weighted by Gasteiger charge is 2.37. The largest absolute Gasteiger partial charge is 0.444 e. The van der Waals surface area contributed by atoms with E-state index in [9.17, 15) is 18.4 Å². The van der Waals surface area contributed by atoms with E-state index in [2.05, 4.69) is 20.3 Å². The van der Waals surface area contributed by atoms with Crippen LogP contribution in [0.2, 0.25) is 0 Å². The molecular formula is C38H38F3N5O4. The van der Waals surface area contributed by atoms with Crippen LogP contribution in [0.15, 0.2) is 85.2 Å². The number of hydrogen-bond donors (Lipinski definition) is 2. The highest BCUT2D eigenvalue weighted by molar-refractivity contribution is 5.92. The summed E-state index contributed by atoms with van der Waals surface area (Å²) in [5.74, 6) is -2.24. The van der Waals surface area contributed by atoms with E-state index < -0.39 is 53.1 Å². The quantitative estimate of drug-likeness (QED) is 0.164. The van der Waals surface area contributed by atoms with Crippen LogP contribution in [0, 0.1) is 17.5 Å². The Morgan fingerprint density at radius 1 is 1.02 bits per heavy atom. The van der Waals surface area contributed by atoms with E-state index in [1.165, 1.54) is 48.7 Å². The maximum atomic E-state index is 15.3. The van der Waals surface area contributed by atoms with Gasteiger partial charge in [0.25, 0.3) is 0 Å². The van der Waals surface area contributed by atoms with Crippen molar-refractivity contribution in [3.8, 4) is 0 Å². The predicted molar refractivity (Wildman–Crippen MR) is 182 cm³/mol. The van der Waals surface area contributed by atoms with Gasteiger partial charge in [-0.25, -0.2) is 22.9 Å². The first-order valence-electron chi connectivity index (χ1n) is 16.4. The fourth-order valence-corrected chi connectivity index (χ4v) is 6.16. The number of rotatable bonds is 9. The number of H-pyrrole nitrogens is 1. The van der Waals surface area contributed by atoms with Crippen molar-refractivity contribution in [3.05, 3.63) is 125 Å². The topological polar surface area (TPSA) is 109 Å². The molecule has 0 radical (unpaired) electrons. The molecule has 50 heavy (non-hydrogen) atoms. The molecule has 260 valence electrons. The molecule has 1 aliphatic rings. The Bertz CT molecular complexity index is 1940. The molecule has 3 aromatic carbocycles. The van der Waals surface area contributed by atoms with Gasteiger partial charge >= 0.3 is 6.09 Å². The minimum atomic E-state index is -0.746. The molecule has 3 atom stereocenters. The highest BCUT2D eigenvalue weighted by Crippen LogP contribution is 2.33. The number of carbonyl (C=O) groups is 2. The van der Waals surface area contributed by atoms with E-state index in [-0.39, 0.29) is 42.8 Å². The van der Waals surface area contributed by atoms with Crippen LogP contribution in [0.25, 0.3) is 11.0 Å². The molecule has 12 heteroatoms. The van der Waals surface area contributed by atoms with Gasteiger partial charge in [0, 0.05) is 29.8 Å². The van der Waals surface area contributed by atoms with Crippen molar-refractivity contribution in [2.24, 2.45) is 0 Å². The van der Waals surface area contributed by atoms with Crippen molar-refractivity contribution in [2.45, 2.75) is 63.7 Å². The van der Waals surface area contributed by atoms with Crippen molar-refractivity contribution >= 4 is 28.7 Å². The number of para-hydroxylation sites is 2. The molecule has 1 aliphatic heterocycles. The molecule has 6 rings (SSSR count). The van der Waals surface area contributed by atoms with Gasteiger partial charge in [-0.2, -0.15) is 0 Å². The average Bonchev–Trinajstić information content (AvgIpc) is 3.51. The van der Waals surface area contributed by atoms with Crippen molar-refractivity contribution in [1.82, 2.24) is 19.9 Å². The zero-order valence-electron chi connectivity index (χ0n) is 28.0. The Morgan fingerprint density at radius 2 is 1.80 bits per heavy atom. The van der Waals surface area contributed by atoms with E-state index in [0.717, 1.165) is 17.2 Å². The number of nitrogens with one attached hydrogen (secondary N) is 2. The van der Waals surface area contributed by atoms with Crippen LogP contribution in [0.1, 0.15) is 68.1 Å². The molecule has 0 unspecified atom stereocenters. The third-order valence-electron chi connectivity index (χ3n) is 8.57. The normalized spacial score (nSPS) is 17.0. The SMILES string of the molecule is CC(C)(C)OC(=O)N1C[C@@H](CCc2c(F)cccc2NC(=O)C[C@@H](c2ccc(F)cc2)c2ccncc2F)OC[C@H]1c1nc2ccccc2[nH]1. The summed E-state index contributed by atoms with van der Waals surface area (Å²) in [5.41, 5.74) is 2.16. The number of nitrogens with zero attached hydrogens (tertiary/aromatic N) is 3. The zero-order chi connectivity index (χ0) is 35.4. The number of halogens is 3. The Labute approximate surface area is 287 Å². The summed E-state index contributed by atoms with van der Waals surface area (Å²) in [6, 6.07) is 18.4. The number of carbonyl (C=O) groups excluding carboxylic acids is 2. The summed E-state index contributed by atoms with van der Waals surface area (Å²) in [5, 5.41) is 2.81. The van der Waals surface area contributed by atoms with Gasteiger partial charge in [-0.15, -0.1) is 0 Å². The molecule has 3 heterocycles. The number of aromatic amines is 1. The lowest BCUT2D eigenvalue weighted by atomic mass is 9.88. The Hall–Kier alpha value is -5.23. The third-order valence-corrected chi connectivity index (χ3v) is 8.57. The first-order chi connectivity index (χ1) is 23.9. The van der Waals surface area contributed by atoms with Gasteiger partial charge < -0.3 is 19.8 Å². The molecule has 2 aromatic heterocycles. The number of ether oxygens (including phenoxy) is 2. The second-order valence-corrected chi connectivity index (χ2v) is 13.3. The molecule has 5 aromatic rings. The minimum absolute atomic E-state index is 0.140. The lowest BCUT2D eigenvalue weighted by molar-refractivity contribution is -0.116. The average molecular weight is 686 g/mol. The standard InChI is InChI=1S/C38H38F3N5O4/c1-38(2,3)50-37(48)46-21-25(49-22-34(46)36-44-32-8-4-5-9-33(32)45-36)15-16-27-29(40)7-6-10-31(27)43-35(47)19-28(23-11-13-24(39)14-12-23)26-17-18-42-20-30(26)41/h4-14,17-18,20,25,28,34H,15-16,19,21-22H2,1-3H3,(H,43,47)(H,44,45)/t25-,28+,34+/m1/s1. The van der Waals surface area contributed by atoms with E-state index in [1.807, 2.05) is 24.3 Å². The highest BCUT2D eigenvalue weighted by atomic mass is 19.1. The van der Waals surface area contributed by atoms with Crippen molar-refractivity contribution < 1.29 is 32.2 Å². The maximum Gasteiger partial charge on any atom is 0.411 e. The van der Waals surface area contributed by atoms with E-state index in [0.29, 0.717) is 17.8 Å². The fraction of sp³-hybridized carbons (Fsp3) is 0.316. The number of pyridine rings is 1. The Balaban J connectivity index is 1.17. The summed E-state index contributed by atoms with van der Waals surface area (Å²) in [6.07, 6.45) is 1.82. The number of imidazole rings is 1. The van der Waals surface area contributed by atoms with E-state index in [1.54, 1.807) is 31.7 Å². The maximum absolute atomic E-state index is 15.3. The van der Waals surface area contributed by atoms with Crippen LogP contribution in [0.3, 0.4) is 0 Å². The van der Waals surface area contributed by atoms with Gasteiger partial charge in [0.1, 0.15) is 34.9 Å². The van der Waals surface area contributed by atoms with Crippen LogP contribution in [-0.2, 0) is 20.7 Å². The Morgan fingerprint density at radius 3 is 2.54 bits per heavy atom. The van der Waals surface area contributed by atoms with Gasteiger partial charge in [0.05, 0.1) is 36.5 Å². The first-order valence-corrected chi connectivity index (χ1v) is 16.4. The summed E-state index contributed by atoms with van der Waals surface area (Å²) in [7, 11) is 0. The second-order valence-electron chi connectivity index (χ2n) is 13.3. The second kappa shape index (κ2) is 14.7. The number of fused-ring (bicyclic) bond motifs is 1. The van der Waals surface area contributed by atoms with Crippen LogP contribution in [-0.4, -0.2) is 56.7 Å². The summed E-state index contributed by atoms with van der Waals surface area (Å²) >= 11 is 0. The van der Waals surface area contributed by atoms with E-state index >= 15 is 4.39 Å². The van der Waals surface area contributed by atoms with Gasteiger partial charge in [0.2, 0.25) is 5.91 Å². The monoisotopic (exact) mass is 685 g/mol. The summed E-state index contributed by atoms with van der Waals surface area (Å²) < 4.78 is 55.8. The molecule has 1 fully saturated rings. The molecular weight excluding hydrogens is 647 g/mol. The van der Waals surface area contributed by atoms with E-state index in [4.69, 9.17) is 9.47 Å². The zero-order valence-corrected chi connectivity index (χ0v) is 28.0. The number of amides is 2. The first kappa shape index (κ1) is 34.6. The molecule has 2 N–H and O–H groups in total. The van der Waals surface area contributed by atoms with Gasteiger partial charge in [-0.3, -0.25) is 14.7 Å². The lowest BCUT2D eigenvalue weighted by Crippen LogP contribution is -2.49. The molecule has 1 saturated heterocycles. The fourth-order valence-electron chi connectivity index (χ4n) is 6.16. The van der Waals surface area contributed by atoms with Crippen molar-refractivity contribution in [3.63, 3.8) is 0 Å². The number of morpholine rings is 1. The molecule has 9 nitrogen and oxygen atoms in total. The summed E-state index contributed by atoms with van der Waals surface area (Å²) in [4.78, 5) is 40.3. The van der Waals surface area contributed by atoms with Crippen LogP contribution < -0.4 is 5.32 Å². The smallest absolute Gasteiger partial charge is 0.411 e. The molecule has 0 spiro atoms. The summed E-state index contributed by atoms with van der Waals surface area (Å²) in [6.45, 7) is 5.69. The van der Waals surface area contributed by atoms with Crippen LogP contribution in [0.5, 0.6) is 0 Å². The lowest BCUT2D eigenvalue weighted by Gasteiger charge is -2.39. The van der Waals surface area contributed by atoms with Gasteiger partial charge in [-0.05, 0) is 87.2 Å². The number of benzene rings is 3. The van der Waals surface area contributed by atoms with Gasteiger partial charge in [-0.1, -0.05) is 30.3 Å². The minimum Gasteiger partial charge on any atom is -0.444 e. The molecule has 0 bridgehead atoms. The Kier molecular flexibility index (Phi) is 10.2. The van der Waals surface area contributed by atoms with Crippen LogP contribution in [0.4, 0.5) is 23.7 Å². The third kappa shape index (κ3) is 8.14. The molecule has 2 amide bonds. The van der Waals surface area contributed by atoms with Crippen molar-refractivity contribution in [1.29, 1.82) is 0 Å². The molecule has 0 saturated carbocycles.